The average molecular weight is 580 g/mol. The first kappa shape index (κ1) is 22.7. The molecule has 29 heavy (non-hydrogen) atoms. The van der Waals surface area contributed by atoms with Crippen LogP contribution in [0.1, 0.15) is 25.0 Å². The molecule has 1 aliphatic rings. The molecule has 1 fully saturated rings. The van der Waals surface area contributed by atoms with Gasteiger partial charge in [-0.05, 0) is 98.9 Å². The fourth-order valence-electron chi connectivity index (χ4n) is 2.66. The molecular formula is C20H15Br2Cl2NO3S. The van der Waals surface area contributed by atoms with E-state index in [0.29, 0.717) is 36.3 Å². The van der Waals surface area contributed by atoms with Crippen molar-refractivity contribution in [2.24, 2.45) is 0 Å². The number of hydrogen-bond donors (Lipinski definition) is 0. The van der Waals surface area contributed by atoms with Gasteiger partial charge in [0.05, 0.1) is 23.9 Å². The third-order valence-electron chi connectivity index (χ3n) is 4.03. The predicted molar refractivity (Wildman–Crippen MR) is 126 cm³/mol. The lowest BCUT2D eigenvalue weighted by Crippen LogP contribution is -2.34. The van der Waals surface area contributed by atoms with Crippen LogP contribution in [0.15, 0.2) is 44.2 Å². The number of carbonyl (C=O) groups excluding carboxylic acids is 2. The van der Waals surface area contributed by atoms with E-state index >= 15 is 0 Å². The second-order valence-electron chi connectivity index (χ2n) is 6.50. The minimum Gasteiger partial charge on any atom is -0.487 e. The van der Waals surface area contributed by atoms with Gasteiger partial charge in [-0.25, -0.2) is 0 Å². The Morgan fingerprint density at radius 2 is 1.76 bits per heavy atom. The molecule has 0 atom stereocenters. The lowest BCUT2D eigenvalue weighted by atomic mass is 10.2. The molecule has 4 nitrogen and oxygen atoms in total. The number of hydrogen-bond acceptors (Lipinski definition) is 4. The van der Waals surface area contributed by atoms with Crippen LogP contribution in [0.25, 0.3) is 6.08 Å². The second kappa shape index (κ2) is 9.43. The standard InChI is InChI=1S/C20H15Br2Cl2NO3S/c1-10(2)25-19(26)17(29-20(25)27)8-12-5-13(21)18(14(22)6-12)28-9-11-3-4-15(23)16(24)7-11/h3-8,10H,9H2,1-2H3/b17-8-. The molecule has 2 aromatic rings. The van der Waals surface area contributed by atoms with E-state index in [-0.39, 0.29) is 17.2 Å². The van der Waals surface area contributed by atoms with Crippen molar-refractivity contribution in [1.29, 1.82) is 0 Å². The fraction of sp³-hybridized carbons (Fsp3) is 0.200. The molecule has 0 radical (unpaired) electrons. The number of ether oxygens (including phenoxy) is 1. The zero-order valence-corrected chi connectivity index (χ0v) is 20.8. The summed E-state index contributed by atoms with van der Waals surface area (Å²) in [4.78, 5) is 26.2. The van der Waals surface area contributed by atoms with Crippen molar-refractivity contribution >= 4 is 84.0 Å². The van der Waals surface area contributed by atoms with Gasteiger partial charge in [-0.1, -0.05) is 29.3 Å². The first-order valence-corrected chi connectivity index (χ1v) is 11.7. The van der Waals surface area contributed by atoms with Crippen LogP contribution in [0.3, 0.4) is 0 Å². The Labute approximate surface area is 199 Å². The van der Waals surface area contributed by atoms with Gasteiger partial charge in [-0.3, -0.25) is 14.5 Å². The molecule has 0 unspecified atom stereocenters. The molecule has 3 rings (SSSR count). The van der Waals surface area contributed by atoms with E-state index in [0.717, 1.165) is 22.9 Å². The molecule has 0 bridgehead atoms. The molecular weight excluding hydrogens is 565 g/mol. The van der Waals surface area contributed by atoms with Gasteiger partial charge in [-0.2, -0.15) is 0 Å². The zero-order valence-electron chi connectivity index (χ0n) is 15.3. The lowest BCUT2D eigenvalue weighted by Gasteiger charge is -2.16. The SMILES string of the molecule is CC(C)N1C(=O)S/C(=C\c2cc(Br)c(OCc3ccc(Cl)c(Cl)c3)c(Br)c2)C1=O. The van der Waals surface area contributed by atoms with E-state index in [4.69, 9.17) is 27.9 Å². The third kappa shape index (κ3) is 5.20. The van der Waals surface area contributed by atoms with Gasteiger partial charge in [0.15, 0.2) is 0 Å². The van der Waals surface area contributed by atoms with E-state index in [1.54, 1.807) is 18.2 Å². The summed E-state index contributed by atoms with van der Waals surface area (Å²) in [5, 5.41) is 0.705. The molecule has 0 spiro atoms. The van der Waals surface area contributed by atoms with Gasteiger partial charge in [0.1, 0.15) is 12.4 Å². The van der Waals surface area contributed by atoms with Crippen molar-refractivity contribution in [2.45, 2.75) is 26.5 Å². The van der Waals surface area contributed by atoms with Crippen LogP contribution < -0.4 is 4.74 Å². The minimum absolute atomic E-state index is 0.177. The van der Waals surface area contributed by atoms with Crippen LogP contribution in [0.4, 0.5) is 4.79 Å². The van der Waals surface area contributed by atoms with Gasteiger partial charge >= 0.3 is 0 Å². The predicted octanol–water partition coefficient (Wildman–Crippen LogP) is 7.54. The lowest BCUT2D eigenvalue weighted by molar-refractivity contribution is -0.123. The fourth-order valence-corrected chi connectivity index (χ4v) is 5.39. The Balaban J connectivity index is 1.80. The summed E-state index contributed by atoms with van der Waals surface area (Å²) in [6, 6.07) is 8.81. The number of imide groups is 1. The summed E-state index contributed by atoms with van der Waals surface area (Å²) in [5.41, 5.74) is 1.64. The number of benzene rings is 2. The van der Waals surface area contributed by atoms with Crippen molar-refractivity contribution in [3.8, 4) is 5.75 Å². The molecule has 1 aliphatic heterocycles. The maximum atomic E-state index is 12.5. The largest absolute Gasteiger partial charge is 0.487 e. The highest BCUT2D eigenvalue weighted by molar-refractivity contribution is 9.11. The molecule has 1 heterocycles. The van der Waals surface area contributed by atoms with Gasteiger partial charge in [-0.15, -0.1) is 0 Å². The van der Waals surface area contributed by atoms with Gasteiger partial charge in [0.25, 0.3) is 11.1 Å². The molecule has 0 N–H and O–H groups in total. The maximum absolute atomic E-state index is 12.5. The Hall–Kier alpha value is -0.990. The van der Waals surface area contributed by atoms with Crippen LogP contribution in [0.2, 0.25) is 10.0 Å². The highest BCUT2D eigenvalue weighted by Crippen LogP contribution is 2.38. The Morgan fingerprint density at radius 3 is 2.31 bits per heavy atom. The monoisotopic (exact) mass is 577 g/mol. The van der Waals surface area contributed by atoms with Crippen LogP contribution in [-0.4, -0.2) is 22.1 Å². The van der Waals surface area contributed by atoms with Crippen LogP contribution in [-0.2, 0) is 11.4 Å². The van der Waals surface area contributed by atoms with Crippen molar-refractivity contribution in [1.82, 2.24) is 4.90 Å². The first-order valence-electron chi connectivity index (χ1n) is 8.50. The molecule has 0 saturated carbocycles. The number of amides is 2. The summed E-state index contributed by atoms with van der Waals surface area (Å²) in [6.07, 6.45) is 1.70. The van der Waals surface area contributed by atoms with Crippen molar-refractivity contribution < 1.29 is 14.3 Å². The smallest absolute Gasteiger partial charge is 0.293 e. The first-order chi connectivity index (χ1) is 13.7. The molecule has 2 aromatic carbocycles. The molecule has 0 aromatic heterocycles. The number of nitrogens with zero attached hydrogens (tertiary/aromatic N) is 1. The highest BCUT2D eigenvalue weighted by Gasteiger charge is 2.36. The summed E-state index contributed by atoms with van der Waals surface area (Å²) in [6.45, 7) is 3.93. The van der Waals surface area contributed by atoms with Crippen molar-refractivity contribution in [3.05, 3.63) is 65.4 Å². The van der Waals surface area contributed by atoms with Crippen LogP contribution in [0, 0.1) is 0 Å². The van der Waals surface area contributed by atoms with Crippen LogP contribution in [0.5, 0.6) is 5.75 Å². The quantitative estimate of drug-likeness (QED) is 0.343. The van der Waals surface area contributed by atoms with Gasteiger partial charge < -0.3 is 4.74 Å². The van der Waals surface area contributed by atoms with E-state index in [2.05, 4.69) is 31.9 Å². The number of halogens is 4. The Morgan fingerprint density at radius 1 is 1.10 bits per heavy atom. The highest BCUT2D eigenvalue weighted by atomic mass is 79.9. The van der Waals surface area contributed by atoms with Gasteiger partial charge in [0, 0.05) is 6.04 Å². The van der Waals surface area contributed by atoms with Crippen LogP contribution >= 0.6 is 66.8 Å². The van der Waals surface area contributed by atoms with Crippen molar-refractivity contribution in [2.75, 3.05) is 0 Å². The van der Waals surface area contributed by atoms with E-state index in [1.165, 1.54) is 4.90 Å². The molecule has 1 saturated heterocycles. The number of carbonyl (C=O) groups is 2. The molecule has 0 aliphatic carbocycles. The normalized spacial score (nSPS) is 15.7. The van der Waals surface area contributed by atoms with Crippen molar-refractivity contribution in [3.63, 3.8) is 0 Å². The molecule has 9 heteroatoms. The molecule has 2 amide bonds. The number of thioether (sulfide) groups is 1. The number of rotatable bonds is 5. The van der Waals surface area contributed by atoms with E-state index in [9.17, 15) is 9.59 Å². The topological polar surface area (TPSA) is 46.6 Å². The maximum Gasteiger partial charge on any atom is 0.293 e. The summed E-state index contributed by atoms with van der Waals surface area (Å²) >= 11 is 19.9. The molecule has 152 valence electrons. The average Bonchev–Trinajstić information content (AvgIpc) is 2.90. The Kier molecular flexibility index (Phi) is 7.38. The van der Waals surface area contributed by atoms with E-state index < -0.39 is 0 Å². The zero-order chi connectivity index (χ0) is 21.3. The van der Waals surface area contributed by atoms with E-state index in [1.807, 2.05) is 32.0 Å². The second-order valence-corrected chi connectivity index (χ2v) is 10.0. The summed E-state index contributed by atoms with van der Waals surface area (Å²) < 4.78 is 7.33. The minimum atomic E-state index is -0.276. The third-order valence-corrected chi connectivity index (χ3v) is 6.83. The van der Waals surface area contributed by atoms with Gasteiger partial charge in [0.2, 0.25) is 0 Å². The Bertz CT molecular complexity index is 1000. The summed E-state index contributed by atoms with van der Waals surface area (Å²) in [7, 11) is 0. The summed E-state index contributed by atoms with van der Waals surface area (Å²) in [5.74, 6) is 0.339.